The summed E-state index contributed by atoms with van der Waals surface area (Å²) in [7, 11) is -1.06. The van der Waals surface area contributed by atoms with Crippen LogP contribution in [0.2, 0.25) is 0 Å². The van der Waals surface area contributed by atoms with Crippen molar-refractivity contribution in [3.8, 4) is 5.75 Å². The number of likely N-dealkylation sites (N-methyl/N-ethyl adjacent to an activating group) is 1. The number of anilines is 1. The van der Waals surface area contributed by atoms with Crippen LogP contribution in [0.5, 0.6) is 5.75 Å². The molecule has 38 heavy (non-hydrogen) atoms. The Morgan fingerprint density at radius 1 is 1.03 bits per heavy atom. The number of carbonyl (C=O) groups is 2. The molecule has 1 N–H and O–H groups in total. The first-order chi connectivity index (χ1) is 18.1. The van der Waals surface area contributed by atoms with E-state index in [2.05, 4.69) is 5.32 Å². The zero-order valence-electron chi connectivity index (χ0n) is 22.2. The third-order valence-corrected chi connectivity index (χ3v) is 8.68. The molecule has 0 bridgehead atoms. The molecule has 0 heterocycles. The molecule has 3 aromatic rings. The van der Waals surface area contributed by atoms with E-state index in [0.29, 0.717) is 11.4 Å². The molecule has 1 atom stereocenters. The van der Waals surface area contributed by atoms with Gasteiger partial charge >= 0.3 is 0 Å². The maximum absolute atomic E-state index is 13.8. The first kappa shape index (κ1) is 29.1. The number of nitrogens with zero attached hydrogens (tertiary/aromatic N) is 2. The fourth-order valence-electron chi connectivity index (χ4n) is 3.87. The van der Waals surface area contributed by atoms with E-state index in [1.807, 2.05) is 19.2 Å². The van der Waals surface area contributed by atoms with Crippen LogP contribution in [0.1, 0.15) is 18.1 Å². The predicted molar refractivity (Wildman–Crippen MR) is 151 cm³/mol. The summed E-state index contributed by atoms with van der Waals surface area (Å²) in [6, 6.07) is 19.8. The lowest BCUT2D eigenvalue weighted by atomic mass is 10.1. The van der Waals surface area contributed by atoms with Gasteiger partial charge in [-0.15, -0.1) is 11.8 Å². The molecule has 1 unspecified atom stereocenters. The second-order valence-corrected chi connectivity index (χ2v) is 11.4. The normalized spacial score (nSPS) is 11.9. The smallest absolute Gasteiger partial charge is 0.264 e. The molecule has 0 aliphatic heterocycles. The van der Waals surface area contributed by atoms with Crippen molar-refractivity contribution in [2.75, 3.05) is 31.3 Å². The predicted octanol–water partition coefficient (Wildman–Crippen LogP) is 4.08. The van der Waals surface area contributed by atoms with Crippen molar-refractivity contribution in [3.63, 3.8) is 0 Å². The van der Waals surface area contributed by atoms with Gasteiger partial charge in [0, 0.05) is 18.5 Å². The highest BCUT2D eigenvalue weighted by atomic mass is 32.2. The molecule has 202 valence electrons. The maximum Gasteiger partial charge on any atom is 0.264 e. The number of aryl methyl sites for hydroxylation is 1. The molecule has 0 fully saturated rings. The highest BCUT2D eigenvalue weighted by Gasteiger charge is 2.32. The van der Waals surface area contributed by atoms with Crippen molar-refractivity contribution in [1.29, 1.82) is 0 Å². The average Bonchev–Trinajstić information content (AvgIpc) is 2.94. The first-order valence-electron chi connectivity index (χ1n) is 12.0. The Morgan fingerprint density at radius 3 is 2.26 bits per heavy atom. The molecule has 2 amide bonds. The Balaban J connectivity index is 2.02. The topological polar surface area (TPSA) is 96.0 Å². The zero-order chi connectivity index (χ0) is 27.9. The lowest BCUT2D eigenvalue weighted by molar-refractivity contribution is -0.139. The van der Waals surface area contributed by atoms with Crippen LogP contribution in [0.4, 0.5) is 5.69 Å². The van der Waals surface area contributed by atoms with Crippen LogP contribution >= 0.6 is 11.8 Å². The number of thioether (sulfide) groups is 1. The number of carbonyl (C=O) groups excluding carboxylic acids is 2. The van der Waals surface area contributed by atoms with Crippen molar-refractivity contribution in [2.24, 2.45) is 0 Å². The summed E-state index contributed by atoms with van der Waals surface area (Å²) in [5.41, 5.74) is 2.05. The van der Waals surface area contributed by atoms with Gasteiger partial charge in [-0.3, -0.25) is 13.9 Å². The number of hydrogen-bond donors (Lipinski definition) is 1. The van der Waals surface area contributed by atoms with Crippen LogP contribution in [0, 0.1) is 6.92 Å². The van der Waals surface area contributed by atoms with Gasteiger partial charge in [-0.2, -0.15) is 0 Å². The van der Waals surface area contributed by atoms with E-state index in [1.54, 1.807) is 68.6 Å². The number of benzene rings is 3. The monoisotopic (exact) mass is 555 g/mol. The zero-order valence-corrected chi connectivity index (χ0v) is 23.8. The minimum absolute atomic E-state index is 0.0716. The van der Waals surface area contributed by atoms with Gasteiger partial charge in [0.2, 0.25) is 11.8 Å². The molecule has 0 saturated heterocycles. The SMILES string of the molecule is CNC(=O)C(C)N(Cc1cccc(OC)c1)C(=O)CN(c1ccc(C)cc1)S(=O)(=O)c1ccc(SC)cc1. The summed E-state index contributed by atoms with van der Waals surface area (Å²) in [6.07, 6.45) is 1.91. The summed E-state index contributed by atoms with van der Waals surface area (Å²) in [6.45, 7) is 3.12. The third-order valence-electron chi connectivity index (χ3n) is 6.15. The van der Waals surface area contributed by atoms with E-state index >= 15 is 0 Å². The van der Waals surface area contributed by atoms with Crippen LogP contribution in [-0.2, 0) is 26.2 Å². The van der Waals surface area contributed by atoms with Crippen molar-refractivity contribution in [1.82, 2.24) is 10.2 Å². The molecule has 0 aliphatic rings. The van der Waals surface area contributed by atoms with E-state index in [-0.39, 0.29) is 17.3 Å². The van der Waals surface area contributed by atoms with Gasteiger partial charge in [0.05, 0.1) is 17.7 Å². The van der Waals surface area contributed by atoms with Crippen LogP contribution in [-0.4, -0.2) is 58.1 Å². The lowest BCUT2D eigenvalue weighted by Gasteiger charge is -2.32. The minimum Gasteiger partial charge on any atom is -0.497 e. The second kappa shape index (κ2) is 12.8. The average molecular weight is 556 g/mol. The van der Waals surface area contributed by atoms with Crippen molar-refractivity contribution >= 4 is 39.3 Å². The largest absolute Gasteiger partial charge is 0.497 e. The minimum atomic E-state index is -4.10. The number of ether oxygens (including phenoxy) is 1. The fourth-order valence-corrected chi connectivity index (χ4v) is 5.70. The van der Waals surface area contributed by atoms with Crippen LogP contribution in [0.3, 0.4) is 0 Å². The molecule has 0 radical (unpaired) electrons. The number of hydrogen-bond acceptors (Lipinski definition) is 6. The Labute approximate surface area is 229 Å². The third kappa shape index (κ3) is 6.87. The standard InChI is InChI=1S/C28H33N3O5S2/c1-20-9-11-23(12-10-20)31(38(34,35)26-15-13-25(37-5)14-16-26)19-27(32)30(21(2)28(33)29-3)18-22-7-6-8-24(17-22)36-4/h6-17,21H,18-19H2,1-5H3,(H,29,33). The lowest BCUT2D eigenvalue weighted by Crippen LogP contribution is -2.50. The van der Waals surface area contributed by atoms with E-state index < -0.39 is 28.5 Å². The summed E-state index contributed by atoms with van der Waals surface area (Å²) in [5.74, 6) is -0.271. The highest BCUT2D eigenvalue weighted by molar-refractivity contribution is 7.98. The number of rotatable bonds is 11. The Kier molecular flexibility index (Phi) is 9.82. The molecule has 0 aliphatic carbocycles. The van der Waals surface area contributed by atoms with E-state index in [0.717, 1.165) is 20.3 Å². The van der Waals surface area contributed by atoms with E-state index in [1.165, 1.54) is 35.8 Å². The van der Waals surface area contributed by atoms with Gasteiger partial charge < -0.3 is 15.0 Å². The van der Waals surface area contributed by atoms with Gasteiger partial charge in [-0.1, -0.05) is 29.8 Å². The summed E-state index contributed by atoms with van der Waals surface area (Å²) < 4.78 is 34.1. The van der Waals surface area contributed by atoms with Crippen LogP contribution in [0.25, 0.3) is 0 Å². The Morgan fingerprint density at radius 2 is 1.68 bits per heavy atom. The van der Waals surface area contributed by atoms with Gasteiger partial charge in [0.25, 0.3) is 10.0 Å². The molecule has 3 rings (SSSR count). The van der Waals surface area contributed by atoms with Gasteiger partial charge in [0.1, 0.15) is 18.3 Å². The Bertz CT molecular complexity index is 1360. The molecular formula is C28H33N3O5S2. The number of sulfonamides is 1. The fraction of sp³-hybridized carbons (Fsp3) is 0.286. The number of amides is 2. The quantitative estimate of drug-likeness (QED) is 0.358. The summed E-state index contributed by atoms with van der Waals surface area (Å²) >= 11 is 1.50. The van der Waals surface area contributed by atoms with E-state index in [4.69, 9.17) is 4.74 Å². The molecule has 10 heteroatoms. The summed E-state index contributed by atoms with van der Waals surface area (Å²) in [4.78, 5) is 28.7. The summed E-state index contributed by atoms with van der Waals surface area (Å²) in [5, 5.41) is 2.58. The Hall–Kier alpha value is -3.50. The first-order valence-corrected chi connectivity index (χ1v) is 14.6. The highest BCUT2D eigenvalue weighted by Crippen LogP contribution is 2.26. The second-order valence-electron chi connectivity index (χ2n) is 8.69. The number of nitrogens with one attached hydrogen (secondary N) is 1. The van der Waals surface area contributed by atoms with Crippen molar-refractivity contribution < 1.29 is 22.7 Å². The van der Waals surface area contributed by atoms with Crippen molar-refractivity contribution in [2.45, 2.75) is 36.2 Å². The number of methoxy groups -OCH3 is 1. The van der Waals surface area contributed by atoms with Crippen molar-refractivity contribution in [3.05, 3.63) is 83.9 Å². The van der Waals surface area contributed by atoms with Gasteiger partial charge in [-0.05, 0) is 74.2 Å². The van der Waals surface area contributed by atoms with Crippen LogP contribution < -0.4 is 14.4 Å². The van der Waals surface area contributed by atoms with Gasteiger partial charge in [-0.25, -0.2) is 8.42 Å². The molecule has 0 spiro atoms. The molecular weight excluding hydrogens is 522 g/mol. The molecule has 3 aromatic carbocycles. The molecule has 0 aromatic heterocycles. The molecule has 8 nitrogen and oxygen atoms in total. The maximum atomic E-state index is 13.8. The van der Waals surface area contributed by atoms with E-state index in [9.17, 15) is 18.0 Å². The van der Waals surface area contributed by atoms with Gasteiger partial charge in [0.15, 0.2) is 0 Å². The molecule has 0 saturated carbocycles. The van der Waals surface area contributed by atoms with Crippen LogP contribution in [0.15, 0.2) is 82.6 Å².